The van der Waals surface area contributed by atoms with Gasteiger partial charge in [-0.05, 0) is 49.4 Å². The molecule has 1 unspecified atom stereocenters. The summed E-state index contributed by atoms with van der Waals surface area (Å²) in [4.78, 5) is 0. The molecule has 0 aliphatic heterocycles. The monoisotopic (exact) mass is 296 g/mol. The fourth-order valence-electron chi connectivity index (χ4n) is 3.99. The maximum atomic E-state index is 5.84. The number of hydrogen-bond donors (Lipinski definition) is 2. The van der Waals surface area contributed by atoms with E-state index in [2.05, 4.69) is 33.1 Å². The van der Waals surface area contributed by atoms with Gasteiger partial charge >= 0.3 is 0 Å². The zero-order chi connectivity index (χ0) is 15.7. The molecule has 1 aliphatic carbocycles. The maximum Gasteiger partial charge on any atom is 0.0238 e. The molecule has 2 nitrogen and oxygen atoms in total. The molecule has 126 valence electrons. The molecule has 1 rings (SSSR count). The third kappa shape index (κ3) is 7.15. The van der Waals surface area contributed by atoms with E-state index in [1.165, 1.54) is 70.6 Å². The summed E-state index contributed by atoms with van der Waals surface area (Å²) < 4.78 is 0. The number of unbranched alkanes of at least 4 members (excludes halogenated alkanes) is 5. The van der Waals surface area contributed by atoms with Crippen LogP contribution < -0.4 is 11.3 Å². The Morgan fingerprint density at radius 2 is 1.52 bits per heavy atom. The smallest absolute Gasteiger partial charge is 0.0238 e. The van der Waals surface area contributed by atoms with Gasteiger partial charge in [0.2, 0.25) is 0 Å². The Hall–Kier alpha value is -0.0800. The number of hydrogen-bond acceptors (Lipinski definition) is 2. The normalized spacial score (nSPS) is 25.0. The molecule has 0 saturated heterocycles. The van der Waals surface area contributed by atoms with Gasteiger partial charge < -0.3 is 0 Å². The number of rotatable bonds is 9. The highest BCUT2D eigenvalue weighted by atomic mass is 15.2. The highest BCUT2D eigenvalue weighted by molar-refractivity contribution is 4.85. The van der Waals surface area contributed by atoms with Crippen LogP contribution in [0.25, 0.3) is 0 Å². The molecule has 0 aromatic rings. The first-order chi connectivity index (χ1) is 9.99. The van der Waals surface area contributed by atoms with Crippen molar-refractivity contribution in [2.75, 3.05) is 0 Å². The second-order valence-corrected chi connectivity index (χ2v) is 8.31. The van der Waals surface area contributed by atoms with E-state index in [1.54, 1.807) is 0 Å². The number of nitrogens with two attached hydrogens (primary N) is 1. The van der Waals surface area contributed by atoms with Crippen LogP contribution in [0.3, 0.4) is 0 Å². The molecule has 1 aliphatic rings. The van der Waals surface area contributed by atoms with Gasteiger partial charge in [0.1, 0.15) is 0 Å². The van der Waals surface area contributed by atoms with E-state index in [9.17, 15) is 0 Å². The molecule has 21 heavy (non-hydrogen) atoms. The fourth-order valence-corrected chi connectivity index (χ4v) is 3.99. The summed E-state index contributed by atoms with van der Waals surface area (Å²) in [5.74, 6) is 7.55. The van der Waals surface area contributed by atoms with Crippen molar-refractivity contribution in [2.24, 2.45) is 23.1 Å². The minimum absolute atomic E-state index is 0.482. The summed E-state index contributed by atoms with van der Waals surface area (Å²) in [6, 6.07) is 0.553. The predicted octanol–water partition coefficient (Wildman–Crippen LogP) is 5.42. The Bertz CT molecular complexity index is 249. The zero-order valence-corrected chi connectivity index (χ0v) is 15.1. The Morgan fingerprint density at radius 3 is 2.05 bits per heavy atom. The van der Waals surface area contributed by atoms with Gasteiger partial charge in [-0.1, -0.05) is 66.2 Å². The van der Waals surface area contributed by atoms with Crippen LogP contribution in [0.15, 0.2) is 0 Å². The molecule has 1 saturated carbocycles. The van der Waals surface area contributed by atoms with Crippen LogP contribution in [-0.4, -0.2) is 6.04 Å². The van der Waals surface area contributed by atoms with E-state index >= 15 is 0 Å². The molecular formula is C19H40N2. The molecule has 0 amide bonds. The van der Waals surface area contributed by atoms with Crippen LogP contribution in [0.4, 0.5) is 0 Å². The summed E-state index contributed by atoms with van der Waals surface area (Å²) >= 11 is 0. The molecule has 0 spiro atoms. The highest BCUT2D eigenvalue weighted by Crippen LogP contribution is 2.41. The van der Waals surface area contributed by atoms with Gasteiger partial charge in [-0.2, -0.15) is 0 Å². The molecule has 0 aromatic heterocycles. The summed E-state index contributed by atoms with van der Waals surface area (Å²) in [5.41, 5.74) is 3.61. The first-order valence-corrected chi connectivity index (χ1v) is 9.45. The topological polar surface area (TPSA) is 38.0 Å². The van der Waals surface area contributed by atoms with Gasteiger partial charge in [-0.25, -0.2) is 0 Å². The van der Waals surface area contributed by atoms with E-state index < -0.39 is 0 Å². The van der Waals surface area contributed by atoms with Crippen LogP contribution in [0.5, 0.6) is 0 Å². The number of hydrazine groups is 1. The molecular weight excluding hydrogens is 256 g/mol. The van der Waals surface area contributed by atoms with E-state index in [0.29, 0.717) is 11.5 Å². The van der Waals surface area contributed by atoms with Crippen molar-refractivity contribution in [3.8, 4) is 0 Å². The van der Waals surface area contributed by atoms with Crippen molar-refractivity contribution < 1.29 is 0 Å². The van der Waals surface area contributed by atoms with Crippen molar-refractivity contribution in [1.82, 2.24) is 5.43 Å². The Kier molecular flexibility index (Phi) is 8.89. The second-order valence-electron chi connectivity index (χ2n) is 8.31. The van der Waals surface area contributed by atoms with Crippen LogP contribution in [0.2, 0.25) is 0 Å². The summed E-state index contributed by atoms with van der Waals surface area (Å²) in [6.07, 6.45) is 15.1. The van der Waals surface area contributed by atoms with Crippen molar-refractivity contribution >= 4 is 0 Å². The van der Waals surface area contributed by atoms with Crippen molar-refractivity contribution in [3.63, 3.8) is 0 Å². The van der Waals surface area contributed by atoms with E-state index in [1.807, 2.05) is 0 Å². The largest absolute Gasteiger partial charge is 0.271 e. The van der Waals surface area contributed by atoms with E-state index in [4.69, 9.17) is 5.84 Å². The lowest BCUT2D eigenvalue weighted by Gasteiger charge is -2.39. The minimum Gasteiger partial charge on any atom is -0.271 e. The lowest BCUT2D eigenvalue weighted by molar-refractivity contribution is 0.129. The third-order valence-corrected chi connectivity index (χ3v) is 5.65. The molecule has 0 aromatic carbocycles. The lowest BCUT2D eigenvalue weighted by atomic mass is 9.68. The molecule has 1 atom stereocenters. The fraction of sp³-hybridized carbons (Fsp3) is 1.00. The summed E-state index contributed by atoms with van der Waals surface area (Å²) in [7, 11) is 0. The minimum atomic E-state index is 0.482. The second kappa shape index (κ2) is 9.84. The van der Waals surface area contributed by atoms with Crippen molar-refractivity contribution in [2.45, 2.75) is 104 Å². The lowest BCUT2D eigenvalue weighted by Crippen LogP contribution is -2.43. The first-order valence-electron chi connectivity index (χ1n) is 9.45. The average Bonchev–Trinajstić information content (AvgIpc) is 2.46. The van der Waals surface area contributed by atoms with Crippen LogP contribution in [0, 0.1) is 17.3 Å². The van der Waals surface area contributed by atoms with Gasteiger partial charge in [0, 0.05) is 6.04 Å². The Morgan fingerprint density at radius 1 is 0.952 bits per heavy atom. The molecule has 2 heteroatoms. The van der Waals surface area contributed by atoms with Crippen LogP contribution >= 0.6 is 0 Å². The van der Waals surface area contributed by atoms with Crippen LogP contribution in [0.1, 0.15) is 98.3 Å². The van der Waals surface area contributed by atoms with Crippen molar-refractivity contribution in [3.05, 3.63) is 0 Å². The average molecular weight is 297 g/mol. The predicted molar refractivity (Wildman–Crippen MR) is 94.0 cm³/mol. The van der Waals surface area contributed by atoms with E-state index in [-0.39, 0.29) is 0 Å². The Labute approximate surface area is 133 Å². The molecule has 3 N–H and O–H groups in total. The summed E-state index contributed by atoms with van der Waals surface area (Å²) in [5, 5.41) is 0. The van der Waals surface area contributed by atoms with Gasteiger partial charge in [0.15, 0.2) is 0 Å². The first kappa shape index (κ1) is 19.0. The van der Waals surface area contributed by atoms with Crippen molar-refractivity contribution in [1.29, 1.82) is 0 Å². The highest BCUT2D eigenvalue weighted by Gasteiger charge is 2.32. The van der Waals surface area contributed by atoms with Gasteiger partial charge in [0.05, 0.1) is 0 Å². The molecule has 0 heterocycles. The van der Waals surface area contributed by atoms with Gasteiger partial charge in [-0.3, -0.25) is 11.3 Å². The third-order valence-electron chi connectivity index (χ3n) is 5.65. The van der Waals surface area contributed by atoms with Gasteiger partial charge in [0.25, 0.3) is 0 Å². The number of nitrogens with one attached hydrogen (secondary N) is 1. The Balaban J connectivity index is 2.21. The molecule has 1 fully saturated rings. The maximum absolute atomic E-state index is 5.84. The quantitative estimate of drug-likeness (QED) is 0.338. The molecule has 0 radical (unpaired) electrons. The van der Waals surface area contributed by atoms with E-state index in [0.717, 1.165) is 11.8 Å². The zero-order valence-electron chi connectivity index (χ0n) is 15.1. The summed E-state index contributed by atoms with van der Waals surface area (Å²) in [6.45, 7) is 9.47. The van der Waals surface area contributed by atoms with Gasteiger partial charge in [-0.15, -0.1) is 0 Å². The molecule has 0 bridgehead atoms. The standard InChI is InChI=1S/C19H40N2/c1-5-6-7-8-9-10-11-18(21-20)16-12-14-17(15-13-16)19(2,3)4/h16-18,21H,5-15,20H2,1-4H3. The van der Waals surface area contributed by atoms with Crippen LogP contribution in [-0.2, 0) is 0 Å². The SMILES string of the molecule is CCCCCCCCC(NN)C1CCC(C(C)(C)C)CC1.